The molecule has 122 valence electrons. The second kappa shape index (κ2) is 6.72. The number of amides is 1. The predicted molar refractivity (Wildman–Crippen MR) is 91.5 cm³/mol. The largest absolute Gasteiger partial charge is 0.502 e. The fraction of sp³-hybridized carbons (Fsp3) is 0.111. The van der Waals surface area contributed by atoms with E-state index >= 15 is 0 Å². The van der Waals surface area contributed by atoms with E-state index in [9.17, 15) is 14.7 Å². The highest BCUT2D eigenvalue weighted by Gasteiger charge is 2.20. The zero-order valence-corrected chi connectivity index (χ0v) is 13.7. The Hall–Kier alpha value is -2.86. The van der Waals surface area contributed by atoms with Crippen molar-refractivity contribution in [2.75, 3.05) is 0 Å². The Morgan fingerprint density at radius 3 is 2.75 bits per heavy atom. The number of thiophene rings is 1. The number of nitrogens with one attached hydrogen (secondary N) is 1. The van der Waals surface area contributed by atoms with E-state index in [2.05, 4.69) is 5.32 Å². The van der Waals surface area contributed by atoms with Gasteiger partial charge in [-0.1, -0.05) is 35.9 Å². The van der Waals surface area contributed by atoms with Crippen LogP contribution in [0.25, 0.3) is 0 Å². The third-order valence-electron chi connectivity index (χ3n) is 3.51. The van der Waals surface area contributed by atoms with E-state index in [0.29, 0.717) is 0 Å². The third-order valence-corrected chi connectivity index (χ3v) is 4.45. The first-order valence-electron chi connectivity index (χ1n) is 7.27. The van der Waals surface area contributed by atoms with Crippen molar-refractivity contribution in [3.8, 4) is 5.75 Å². The number of carbonyl (C=O) groups is 1. The van der Waals surface area contributed by atoms with E-state index in [1.54, 1.807) is 0 Å². The molecule has 1 atom stereocenters. The first-order valence-corrected chi connectivity index (χ1v) is 8.15. The molecule has 0 bridgehead atoms. The normalized spacial score (nSPS) is 11.9. The van der Waals surface area contributed by atoms with Crippen LogP contribution in [0.2, 0.25) is 0 Å². The number of hydrogen-bond acceptors (Lipinski definition) is 5. The van der Waals surface area contributed by atoms with E-state index in [1.807, 2.05) is 48.7 Å². The molecule has 3 aromatic rings. The lowest BCUT2D eigenvalue weighted by Crippen LogP contribution is -2.29. The van der Waals surface area contributed by atoms with Crippen LogP contribution in [-0.2, 0) is 0 Å². The van der Waals surface area contributed by atoms with E-state index in [-0.39, 0.29) is 11.8 Å². The quantitative estimate of drug-likeness (QED) is 0.763. The molecule has 0 aliphatic carbocycles. The summed E-state index contributed by atoms with van der Waals surface area (Å²) in [5, 5.41) is 14.0. The van der Waals surface area contributed by atoms with Crippen molar-refractivity contribution in [2.45, 2.75) is 13.0 Å². The molecule has 0 aliphatic heterocycles. The molecule has 6 heteroatoms. The molecule has 5 nitrogen and oxygen atoms in total. The molecule has 0 fully saturated rings. The summed E-state index contributed by atoms with van der Waals surface area (Å²) < 4.78 is 5.02. The van der Waals surface area contributed by atoms with Crippen LogP contribution in [0.15, 0.2) is 63.3 Å². The van der Waals surface area contributed by atoms with Crippen molar-refractivity contribution in [2.24, 2.45) is 0 Å². The van der Waals surface area contributed by atoms with Crippen LogP contribution in [0.4, 0.5) is 0 Å². The van der Waals surface area contributed by atoms with Gasteiger partial charge in [0.15, 0.2) is 11.5 Å². The molecule has 3 rings (SSSR count). The number of aryl methyl sites for hydroxylation is 1. The number of rotatable bonds is 4. The molecule has 2 heterocycles. The first-order chi connectivity index (χ1) is 11.5. The summed E-state index contributed by atoms with van der Waals surface area (Å²) in [6, 6.07) is 12.3. The van der Waals surface area contributed by atoms with Crippen molar-refractivity contribution in [1.29, 1.82) is 0 Å². The number of hydrogen-bond donors (Lipinski definition) is 2. The molecule has 0 saturated carbocycles. The minimum Gasteiger partial charge on any atom is -0.502 e. The Labute approximate surface area is 142 Å². The molecular formula is C18H15NO4S. The number of benzene rings is 1. The van der Waals surface area contributed by atoms with E-state index in [4.69, 9.17) is 4.42 Å². The molecule has 0 spiro atoms. The number of carbonyl (C=O) groups excluding carboxylic acids is 1. The summed E-state index contributed by atoms with van der Waals surface area (Å²) in [7, 11) is 0. The number of aromatic hydroxyl groups is 1. The Kier molecular flexibility index (Phi) is 4.48. The summed E-state index contributed by atoms with van der Waals surface area (Å²) in [4.78, 5) is 24.9. The minimum absolute atomic E-state index is 0.146. The molecule has 24 heavy (non-hydrogen) atoms. The average Bonchev–Trinajstić information content (AvgIpc) is 3.09. The maximum Gasteiger partial charge on any atom is 0.287 e. The van der Waals surface area contributed by atoms with E-state index in [0.717, 1.165) is 28.3 Å². The van der Waals surface area contributed by atoms with Gasteiger partial charge >= 0.3 is 0 Å². The minimum atomic E-state index is -0.658. The van der Waals surface area contributed by atoms with Crippen molar-refractivity contribution in [3.05, 3.63) is 86.1 Å². The SMILES string of the molecule is Cc1cccc([C@H](NC(=O)c2cc(=O)c(O)co2)c2cccs2)c1. The predicted octanol–water partition coefficient (Wildman–Crippen LogP) is 3.23. The van der Waals surface area contributed by atoms with Crippen molar-refractivity contribution >= 4 is 17.2 Å². The lowest BCUT2D eigenvalue weighted by atomic mass is 10.0. The highest BCUT2D eigenvalue weighted by Crippen LogP contribution is 2.27. The monoisotopic (exact) mass is 341 g/mol. The molecule has 2 N–H and O–H groups in total. The van der Waals surface area contributed by atoms with Gasteiger partial charge in [0.25, 0.3) is 5.91 Å². The molecule has 0 radical (unpaired) electrons. The third kappa shape index (κ3) is 3.38. The lowest BCUT2D eigenvalue weighted by molar-refractivity contribution is 0.0912. The Balaban J connectivity index is 1.93. The van der Waals surface area contributed by atoms with Gasteiger partial charge in [-0.15, -0.1) is 11.3 Å². The van der Waals surface area contributed by atoms with Gasteiger partial charge < -0.3 is 14.8 Å². The second-order valence-electron chi connectivity index (χ2n) is 5.33. The Morgan fingerprint density at radius 2 is 2.08 bits per heavy atom. The molecule has 1 aromatic carbocycles. The molecule has 0 saturated heterocycles. The summed E-state index contributed by atoms with van der Waals surface area (Å²) in [5.41, 5.74) is 1.36. The highest BCUT2D eigenvalue weighted by molar-refractivity contribution is 7.10. The van der Waals surface area contributed by atoms with Crippen LogP contribution in [0.3, 0.4) is 0 Å². The Morgan fingerprint density at radius 1 is 1.25 bits per heavy atom. The van der Waals surface area contributed by atoms with Gasteiger partial charge in [-0.3, -0.25) is 9.59 Å². The van der Waals surface area contributed by atoms with E-state index in [1.165, 1.54) is 11.3 Å². The topological polar surface area (TPSA) is 79.5 Å². The molecule has 1 amide bonds. The first kappa shape index (κ1) is 16.0. The highest BCUT2D eigenvalue weighted by atomic mass is 32.1. The fourth-order valence-corrected chi connectivity index (χ4v) is 3.15. The van der Waals surface area contributed by atoms with Crippen molar-refractivity contribution < 1.29 is 14.3 Å². The van der Waals surface area contributed by atoms with E-state index < -0.39 is 17.1 Å². The Bertz CT molecular complexity index is 915. The van der Waals surface area contributed by atoms with Gasteiger partial charge in [0, 0.05) is 10.9 Å². The lowest BCUT2D eigenvalue weighted by Gasteiger charge is -2.18. The maximum atomic E-state index is 12.5. The molecule has 0 unspecified atom stereocenters. The summed E-state index contributed by atoms with van der Waals surface area (Å²) in [6.45, 7) is 1.98. The van der Waals surface area contributed by atoms with Crippen LogP contribution in [0.5, 0.6) is 5.75 Å². The van der Waals surface area contributed by atoms with Gasteiger partial charge in [-0.25, -0.2) is 0 Å². The van der Waals surface area contributed by atoms with Crippen LogP contribution < -0.4 is 10.7 Å². The maximum absolute atomic E-state index is 12.5. The van der Waals surface area contributed by atoms with Gasteiger partial charge in [0.2, 0.25) is 5.43 Å². The molecule has 2 aromatic heterocycles. The van der Waals surface area contributed by atoms with Crippen molar-refractivity contribution in [3.63, 3.8) is 0 Å². The zero-order valence-electron chi connectivity index (χ0n) is 12.9. The summed E-state index contributed by atoms with van der Waals surface area (Å²) in [6.07, 6.45) is 0.865. The van der Waals surface area contributed by atoms with Gasteiger partial charge in [-0.2, -0.15) is 0 Å². The van der Waals surface area contributed by atoms with Crippen molar-refractivity contribution in [1.82, 2.24) is 5.32 Å². The van der Waals surface area contributed by atoms with Gasteiger partial charge in [0.1, 0.15) is 6.26 Å². The fourth-order valence-electron chi connectivity index (χ4n) is 2.35. The van der Waals surface area contributed by atoms with Gasteiger partial charge in [-0.05, 0) is 23.9 Å². The van der Waals surface area contributed by atoms with Crippen LogP contribution in [-0.4, -0.2) is 11.0 Å². The van der Waals surface area contributed by atoms with Crippen LogP contribution in [0.1, 0.15) is 32.6 Å². The molecule has 0 aliphatic rings. The van der Waals surface area contributed by atoms with Crippen LogP contribution >= 0.6 is 11.3 Å². The molecular weight excluding hydrogens is 326 g/mol. The second-order valence-corrected chi connectivity index (χ2v) is 6.31. The average molecular weight is 341 g/mol. The zero-order chi connectivity index (χ0) is 17.1. The summed E-state index contributed by atoms with van der Waals surface area (Å²) >= 11 is 1.53. The van der Waals surface area contributed by atoms with Crippen LogP contribution in [0, 0.1) is 6.92 Å². The standard InChI is InChI=1S/C18H15NO4S/c1-11-4-2-5-12(8-11)17(16-6-3-7-24-16)19-18(22)15-9-13(20)14(21)10-23-15/h2-10,17,21H,1H3,(H,19,22)/t17-/m0/s1. The smallest absolute Gasteiger partial charge is 0.287 e. The van der Waals surface area contributed by atoms with Gasteiger partial charge in [0.05, 0.1) is 6.04 Å². The summed E-state index contributed by atoms with van der Waals surface area (Å²) in [5.74, 6) is -1.20.